The SMILES string of the molecule is CC1(B2OC(C)(C)C(C)(C)O2)C=CC2=C(OCCC2)C1Cl. The summed E-state index contributed by atoms with van der Waals surface area (Å²) in [7, 11) is -0.374. The molecule has 1 fully saturated rings. The van der Waals surface area contributed by atoms with Crippen LogP contribution in [0.2, 0.25) is 5.31 Å². The fraction of sp³-hybridized carbons (Fsp3) is 0.750. The zero-order chi connectivity index (χ0) is 15.5. The molecule has 3 rings (SSSR count). The van der Waals surface area contributed by atoms with Gasteiger partial charge in [-0.1, -0.05) is 19.1 Å². The van der Waals surface area contributed by atoms with Crippen LogP contribution in [0.25, 0.3) is 0 Å². The summed E-state index contributed by atoms with van der Waals surface area (Å²) < 4.78 is 18.3. The Morgan fingerprint density at radius 2 is 1.76 bits per heavy atom. The summed E-state index contributed by atoms with van der Waals surface area (Å²) >= 11 is 6.77. The van der Waals surface area contributed by atoms with E-state index in [4.69, 9.17) is 25.6 Å². The van der Waals surface area contributed by atoms with Crippen LogP contribution in [0.1, 0.15) is 47.5 Å². The van der Waals surface area contributed by atoms with Crippen LogP contribution in [0, 0.1) is 0 Å². The van der Waals surface area contributed by atoms with E-state index in [1.54, 1.807) is 0 Å². The maximum absolute atomic E-state index is 6.77. The van der Waals surface area contributed by atoms with Gasteiger partial charge in [0.2, 0.25) is 0 Å². The molecule has 0 saturated carbocycles. The molecule has 1 aliphatic carbocycles. The summed E-state index contributed by atoms with van der Waals surface area (Å²) in [6.07, 6.45) is 6.37. The molecule has 21 heavy (non-hydrogen) atoms. The van der Waals surface area contributed by atoms with Crippen molar-refractivity contribution in [1.82, 2.24) is 0 Å². The van der Waals surface area contributed by atoms with E-state index >= 15 is 0 Å². The third-order valence-corrected chi connectivity index (χ3v) is 6.01. The van der Waals surface area contributed by atoms with Gasteiger partial charge in [-0.2, -0.15) is 0 Å². The molecule has 5 heteroatoms. The van der Waals surface area contributed by atoms with Crippen molar-refractivity contribution < 1.29 is 14.0 Å². The molecule has 1 saturated heterocycles. The Hall–Kier alpha value is -0.445. The number of rotatable bonds is 1. The third-order valence-electron chi connectivity index (χ3n) is 5.35. The summed E-state index contributed by atoms with van der Waals surface area (Å²) in [6, 6.07) is 0. The molecule has 0 amide bonds. The lowest BCUT2D eigenvalue weighted by molar-refractivity contribution is 0.00578. The van der Waals surface area contributed by atoms with Gasteiger partial charge in [0.1, 0.15) is 5.76 Å². The first-order valence-corrected chi connectivity index (χ1v) is 8.16. The third kappa shape index (κ3) is 2.27. The van der Waals surface area contributed by atoms with E-state index in [-0.39, 0.29) is 23.7 Å². The average molecular weight is 311 g/mol. The summed E-state index contributed by atoms with van der Waals surface area (Å²) in [6.45, 7) is 11.1. The largest absolute Gasteiger partial charge is 0.496 e. The molecule has 0 bridgehead atoms. The highest BCUT2D eigenvalue weighted by atomic mass is 35.5. The molecule has 2 heterocycles. The van der Waals surface area contributed by atoms with Gasteiger partial charge in [0.05, 0.1) is 23.2 Å². The van der Waals surface area contributed by atoms with Crippen molar-refractivity contribution in [1.29, 1.82) is 0 Å². The van der Waals surface area contributed by atoms with Gasteiger partial charge in [-0.25, -0.2) is 0 Å². The van der Waals surface area contributed by atoms with Crippen LogP contribution in [-0.2, 0) is 14.0 Å². The fourth-order valence-corrected chi connectivity index (χ4v) is 3.38. The molecule has 3 aliphatic rings. The minimum Gasteiger partial charge on any atom is -0.496 e. The highest BCUT2D eigenvalue weighted by molar-refractivity contribution is 6.53. The van der Waals surface area contributed by atoms with Crippen molar-refractivity contribution in [2.24, 2.45) is 0 Å². The minimum atomic E-state index is -0.428. The van der Waals surface area contributed by atoms with Crippen LogP contribution >= 0.6 is 11.6 Å². The zero-order valence-corrected chi connectivity index (χ0v) is 14.3. The maximum atomic E-state index is 6.77. The van der Waals surface area contributed by atoms with E-state index in [1.807, 2.05) is 0 Å². The first-order valence-electron chi connectivity index (χ1n) is 7.72. The molecule has 0 aromatic heterocycles. The number of hydrogen-bond donors (Lipinski definition) is 0. The van der Waals surface area contributed by atoms with E-state index in [1.165, 1.54) is 5.57 Å². The van der Waals surface area contributed by atoms with Crippen LogP contribution in [0.15, 0.2) is 23.5 Å². The molecule has 2 atom stereocenters. The minimum absolute atomic E-state index is 0.257. The molecule has 0 N–H and O–H groups in total. The number of alkyl halides is 1. The number of allylic oxidation sites excluding steroid dienone is 4. The Morgan fingerprint density at radius 3 is 2.38 bits per heavy atom. The van der Waals surface area contributed by atoms with Crippen molar-refractivity contribution in [3.05, 3.63) is 23.5 Å². The highest BCUT2D eigenvalue weighted by Crippen LogP contribution is 2.53. The molecule has 0 radical (unpaired) electrons. The molecule has 2 aliphatic heterocycles. The van der Waals surface area contributed by atoms with Gasteiger partial charge in [0, 0.05) is 5.31 Å². The Bertz CT molecular complexity index is 496. The Morgan fingerprint density at radius 1 is 1.14 bits per heavy atom. The Balaban J connectivity index is 1.90. The highest BCUT2D eigenvalue weighted by Gasteiger charge is 2.60. The molecule has 0 aromatic rings. The van der Waals surface area contributed by atoms with Gasteiger partial charge in [-0.3, -0.25) is 0 Å². The van der Waals surface area contributed by atoms with Crippen LogP contribution in [-0.4, -0.2) is 30.3 Å². The van der Waals surface area contributed by atoms with Crippen molar-refractivity contribution in [3.8, 4) is 0 Å². The molecule has 2 unspecified atom stereocenters. The Labute approximate surface area is 132 Å². The van der Waals surface area contributed by atoms with E-state index < -0.39 is 5.31 Å². The lowest BCUT2D eigenvalue weighted by Crippen LogP contribution is -2.42. The lowest BCUT2D eigenvalue weighted by atomic mass is 9.54. The van der Waals surface area contributed by atoms with Crippen LogP contribution in [0.5, 0.6) is 0 Å². The number of halogens is 1. The van der Waals surface area contributed by atoms with Crippen molar-refractivity contribution >= 4 is 18.7 Å². The molecule has 0 spiro atoms. The first kappa shape index (κ1) is 15.5. The van der Waals surface area contributed by atoms with E-state index in [0.29, 0.717) is 0 Å². The van der Waals surface area contributed by atoms with Crippen molar-refractivity contribution in [3.63, 3.8) is 0 Å². The second-order valence-electron chi connectivity index (χ2n) is 7.49. The van der Waals surface area contributed by atoms with Gasteiger partial charge in [-0.15, -0.1) is 11.6 Å². The summed E-state index contributed by atoms with van der Waals surface area (Å²) in [5, 5.41) is -0.685. The van der Waals surface area contributed by atoms with Crippen LogP contribution < -0.4 is 0 Å². The number of hydrogen-bond acceptors (Lipinski definition) is 3. The Kier molecular flexibility index (Phi) is 3.51. The topological polar surface area (TPSA) is 27.7 Å². The standard InChI is InChI=1S/C16H24BClO3/c1-14(2)15(3,4)21-17(20-14)16(5)9-8-11-7-6-10-19-12(11)13(16)18/h8-9,13H,6-7,10H2,1-5H3. The van der Waals surface area contributed by atoms with E-state index in [0.717, 1.165) is 25.2 Å². The average Bonchev–Trinajstić information content (AvgIpc) is 2.64. The summed E-state index contributed by atoms with van der Waals surface area (Å²) in [5.74, 6) is 0.905. The van der Waals surface area contributed by atoms with E-state index in [2.05, 4.69) is 46.8 Å². The predicted molar refractivity (Wildman–Crippen MR) is 85.4 cm³/mol. The van der Waals surface area contributed by atoms with Gasteiger partial charge in [-0.05, 0) is 46.1 Å². The summed E-state index contributed by atoms with van der Waals surface area (Å²) in [5.41, 5.74) is 0.510. The van der Waals surface area contributed by atoms with E-state index in [9.17, 15) is 0 Å². The first-order chi connectivity index (χ1) is 9.67. The second kappa shape index (κ2) is 4.77. The predicted octanol–water partition coefficient (Wildman–Crippen LogP) is 4.08. The maximum Gasteiger partial charge on any atom is 0.470 e. The monoisotopic (exact) mass is 310 g/mol. The molecular weight excluding hydrogens is 286 g/mol. The van der Waals surface area contributed by atoms with Gasteiger partial charge in [0.15, 0.2) is 0 Å². The second-order valence-corrected chi connectivity index (χ2v) is 7.93. The molecule has 0 aromatic carbocycles. The van der Waals surface area contributed by atoms with Gasteiger partial charge < -0.3 is 14.0 Å². The lowest BCUT2D eigenvalue weighted by Gasteiger charge is -2.38. The molecular formula is C16H24BClO3. The zero-order valence-electron chi connectivity index (χ0n) is 13.5. The van der Waals surface area contributed by atoms with Crippen LogP contribution in [0.3, 0.4) is 0 Å². The normalized spacial score (nSPS) is 37.4. The quantitative estimate of drug-likeness (QED) is 0.539. The van der Waals surface area contributed by atoms with Gasteiger partial charge >= 0.3 is 7.12 Å². The summed E-state index contributed by atoms with van der Waals surface area (Å²) in [4.78, 5) is 0. The van der Waals surface area contributed by atoms with Crippen molar-refractivity contribution in [2.75, 3.05) is 6.61 Å². The van der Waals surface area contributed by atoms with Gasteiger partial charge in [0.25, 0.3) is 0 Å². The van der Waals surface area contributed by atoms with Crippen LogP contribution in [0.4, 0.5) is 0 Å². The number of ether oxygens (including phenoxy) is 1. The molecule has 3 nitrogen and oxygen atoms in total. The van der Waals surface area contributed by atoms with Crippen molar-refractivity contribution in [2.45, 2.75) is 69.4 Å². The molecule has 116 valence electrons. The fourth-order valence-electron chi connectivity index (χ4n) is 3.00. The smallest absolute Gasteiger partial charge is 0.470 e.